The van der Waals surface area contributed by atoms with Gasteiger partial charge in [0.15, 0.2) is 0 Å². The lowest BCUT2D eigenvalue weighted by molar-refractivity contribution is 0.0963. The van der Waals surface area contributed by atoms with Gasteiger partial charge in [-0.3, -0.25) is 4.79 Å². The highest BCUT2D eigenvalue weighted by Gasteiger charge is 2.16. The minimum Gasteiger partial charge on any atom is -0.355 e. The van der Waals surface area contributed by atoms with E-state index in [9.17, 15) is 13.2 Å². The summed E-state index contributed by atoms with van der Waals surface area (Å²) in [5.41, 5.74) is 5.77. The zero-order chi connectivity index (χ0) is 13.8. The van der Waals surface area contributed by atoms with E-state index in [1.54, 1.807) is 6.92 Å². The molecule has 0 aliphatic carbocycles. The van der Waals surface area contributed by atoms with Crippen molar-refractivity contribution in [2.24, 2.45) is 5.73 Å². The molecule has 4 N–H and O–H groups in total. The Labute approximate surface area is 107 Å². The molecule has 7 heteroatoms. The van der Waals surface area contributed by atoms with Gasteiger partial charge in [-0.15, -0.1) is 0 Å². The summed E-state index contributed by atoms with van der Waals surface area (Å²) in [6, 6.07) is 5.35. The number of hydrogen-bond acceptors (Lipinski definition) is 4. The Morgan fingerprint density at radius 2 is 1.89 bits per heavy atom. The number of sulfonamides is 1. The Kier molecular flexibility index (Phi) is 4.83. The lowest BCUT2D eigenvalue weighted by atomic mass is 10.2. The van der Waals surface area contributed by atoms with Crippen molar-refractivity contribution in [3.63, 3.8) is 0 Å². The first-order valence-electron chi connectivity index (χ1n) is 5.45. The second kappa shape index (κ2) is 5.94. The summed E-state index contributed by atoms with van der Waals surface area (Å²) < 4.78 is 26.2. The Morgan fingerprint density at radius 3 is 2.33 bits per heavy atom. The van der Waals surface area contributed by atoms with Crippen LogP contribution < -0.4 is 15.8 Å². The van der Waals surface area contributed by atoms with Crippen LogP contribution in [0.2, 0.25) is 0 Å². The van der Waals surface area contributed by atoms with Gasteiger partial charge in [-0.05, 0) is 31.2 Å². The van der Waals surface area contributed by atoms with Crippen LogP contribution in [-0.2, 0) is 10.0 Å². The third-order valence-electron chi connectivity index (χ3n) is 2.36. The molecule has 1 atom stereocenters. The van der Waals surface area contributed by atoms with Crippen molar-refractivity contribution < 1.29 is 13.2 Å². The summed E-state index contributed by atoms with van der Waals surface area (Å²) in [5, 5.41) is 2.46. The molecule has 0 radical (unpaired) electrons. The quantitative estimate of drug-likeness (QED) is 0.682. The van der Waals surface area contributed by atoms with Gasteiger partial charge >= 0.3 is 0 Å². The number of carbonyl (C=O) groups is 1. The molecule has 0 spiro atoms. The molecule has 0 saturated heterocycles. The smallest absolute Gasteiger partial charge is 0.251 e. The second-order valence-corrected chi connectivity index (χ2v) is 5.58. The molecule has 1 rings (SSSR count). The Hall–Kier alpha value is -1.44. The summed E-state index contributed by atoms with van der Waals surface area (Å²) >= 11 is 0. The SMILES string of the molecule is CNC(=O)c1ccc(S(=O)(=O)NC(C)CN)cc1. The summed E-state index contributed by atoms with van der Waals surface area (Å²) in [7, 11) is -2.07. The molecular formula is C11H17N3O3S. The normalized spacial score (nSPS) is 13.1. The lowest BCUT2D eigenvalue weighted by Gasteiger charge is -2.12. The molecule has 6 nitrogen and oxygen atoms in total. The molecule has 0 bridgehead atoms. The van der Waals surface area contributed by atoms with Crippen molar-refractivity contribution in [2.45, 2.75) is 17.9 Å². The third kappa shape index (κ3) is 3.52. The van der Waals surface area contributed by atoms with Crippen LogP contribution in [-0.4, -0.2) is 34.0 Å². The molecule has 0 heterocycles. The fourth-order valence-corrected chi connectivity index (χ4v) is 2.57. The van der Waals surface area contributed by atoms with Gasteiger partial charge in [0.2, 0.25) is 10.0 Å². The van der Waals surface area contributed by atoms with Crippen molar-refractivity contribution in [1.82, 2.24) is 10.0 Å². The summed E-state index contributed by atoms with van der Waals surface area (Å²) in [6.07, 6.45) is 0. The van der Waals surface area contributed by atoms with E-state index in [0.717, 1.165) is 0 Å². The maximum absolute atomic E-state index is 11.9. The standard InChI is InChI=1S/C11H17N3O3S/c1-8(7-12)14-18(16,17)10-5-3-9(4-6-10)11(15)13-2/h3-6,8,14H,7,12H2,1-2H3,(H,13,15). The first-order valence-corrected chi connectivity index (χ1v) is 6.93. The maximum Gasteiger partial charge on any atom is 0.251 e. The van der Waals surface area contributed by atoms with Crippen LogP contribution >= 0.6 is 0 Å². The van der Waals surface area contributed by atoms with Crippen LogP contribution in [0.15, 0.2) is 29.2 Å². The molecule has 1 amide bonds. The Balaban J connectivity index is 2.94. The first-order chi connectivity index (χ1) is 8.40. The zero-order valence-electron chi connectivity index (χ0n) is 10.3. The lowest BCUT2D eigenvalue weighted by Crippen LogP contribution is -2.37. The van der Waals surface area contributed by atoms with Gasteiger partial charge in [-0.1, -0.05) is 0 Å². The van der Waals surface area contributed by atoms with Gasteiger partial charge in [0.05, 0.1) is 4.90 Å². The highest BCUT2D eigenvalue weighted by molar-refractivity contribution is 7.89. The Morgan fingerprint density at radius 1 is 1.33 bits per heavy atom. The Bertz CT molecular complexity index is 511. The summed E-state index contributed by atoms with van der Waals surface area (Å²) in [6.45, 7) is 1.89. The molecule has 1 aromatic rings. The predicted molar refractivity (Wildman–Crippen MR) is 68.7 cm³/mol. The molecular weight excluding hydrogens is 254 g/mol. The summed E-state index contributed by atoms with van der Waals surface area (Å²) in [5.74, 6) is -0.262. The van der Waals surface area contributed by atoms with E-state index in [0.29, 0.717) is 5.56 Å². The van der Waals surface area contributed by atoms with Crippen molar-refractivity contribution in [3.8, 4) is 0 Å². The number of benzene rings is 1. The molecule has 0 saturated carbocycles. The van der Waals surface area contributed by atoms with E-state index >= 15 is 0 Å². The monoisotopic (exact) mass is 271 g/mol. The fraction of sp³-hybridized carbons (Fsp3) is 0.364. The van der Waals surface area contributed by atoms with Gasteiger partial charge < -0.3 is 11.1 Å². The van der Waals surface area contributed by atoms with Crippen molar-refractivity contribution in [3.05, 3.63) is 29.8 Å². The number of amides is 1. The number of carbonyl (C=O) groups excluding carboxylic acids is 1. The molecule has 18 heavy (non-hydrogen) atoms. The van der Waals surface area contributed by atoms with E-state index in [1.165, 1.54) is 31.3 Å². The van der Waals surface area contributed by atoms with E-state index in [2.05, 4.69) is 10.0 Å². The van der Waals surface area contributed by atoms with E-state index < -0.39 is 10.0 Å². The molecule has 0 aliphatic heterocycles. The topological polar surface area (TPSA) is 101 Å². The number of hydrogen-bond donors (Lipinski definition) is 3. The second-order valence-electron chi connectivity index (χ2n) is 3.86. The van der Waals surface area contributed by atoms with Gasteiger partial charge in [-0.25, -0.2) is 13.1 Å². The largest absolute Gasteiger partial charge is 0.355 e. The van der Waals surface area contributed by atoms with Crippen LogP contribution in [0.3, 0.4) is 0 Å². The van der Waals surface area contributed by atoms with E-state index in [4.69, 9.17) is 5.73 Å². The number of nitrogens with one attached hydrogen (secondary N) is 2. The van der Waals surface area contributed by atoms with Gasteiger partial charge in [-0.2, -0.15) is 0 Å². The highest BCUT2D eigenvalue weighted by Crippen LogP contribution is 2.11. The van der Waals surface area contributed by atoms with E-state index in [1.807, 2.05) is 0 Å². The molecule has 0 aromatic heterocycles. The highest BCUT2D eigenvalue weighted by atomic mass is 32.2. The maximum atomic E-state index is 11.9. The van der Waals surface area contributed by atoms with Crippen molar-refractivity contribution in [2.75, 3.05) is 13.6 Å². The number of nitrogens with two attached hydrogens (primary N) is 1. The number of rotatable bonds is 5. The van der Waals surface area contributed by atoms with Crippen LogP contribution in [0.5, 0.6) is 0 Å². The minimum absolute atomic E-state index is 0.107. The predicted octanol–water partition coefficient (Wildman–Crippen LogP) is -0.328. The van der Waals surface area contributed by atoms with Crippen LogP contribution in [0.4, 0.5) is 0 Å². The molecule has 100 valence electrons. The molecule has 1 aromatic carbocycles. The van der Waals surface area contributed by atoms with E-state index in [-0.39, 0.29) is 23.4 Å². The van der Waals surface area contributed by atoms with Crippen molar-refractivity contribution >= 4 is 15.9 Å². The van der Waals surface area contributed by atoms with Crippen LogP contribution in [0.25, 0.3) is 0 Å². The van der Waals surface area contributed by atoms with Gasteiger partial charge in [0, 0.05) is 25.2 Å². The van der Waals surface area contributed by atoms with Crippen LogP contribution in [0.1, 0.15) is 17.3 Å². The molecule has 0 aliphatic rings. The molecule has 0 fully saturated rings. The average molecular weight is 271 g/mol. The van der Waals surface area contributed by atoms with Gasteiger partial charge in [0.25, 0.3) is 5.91 Å². The zero-order valence-corrected chi connectivity index (χ0v) is 11.1. The van der Waals surface area contributed by atoms with Crippen molar-refractivity contribution in [1.29, 1.82) is 0 Å². The molecule has 1 unspecified atom stereocenters. The minimum atomic E-state index is -3.58. The van der Waals surface area contributed by atoms with Crippen LogP contribution in [0, 0.1) is 0 Å². The average Bonchev–Trinajstić information content (AvgIpc) is 2.37. The van der Waals surface area contributed by atoms with Gasteiger partial charge in [0.1, 0.15) is 0 Å². The third-order valence-corrected chi connectivity index (χ3v) is 3.97. The fourth-order valence-electron chi connectivity index (χ4n) is 1.31. The first kappa shape index (κ1) is 14.6. The summed E-state index contributed by atoms with van der Waals surface area (Å²) in [4.78, 5) is 11.4.